The molecule has 0 spiro atoms. The summed E-state index contributed by atoms with van der Waals surface area (Å²) in [4.78, 5) is 8.79. The molecule has 106 valence electrons. The molecule has 2 unspecified atom stereocenters. The van der Waals surface area contributed by atoms with Crippen molar-refractivity contribution in [1.29, 1.82) is 0 Å². The molecular weight excluding hydrogens is 244 g/mol. The van der Waals surface area contributed by atoms with Gasteiger partial charge in [0.05, 0.1) is 5.92 Å². The van der Waals surface area contributed by atoms with Crippen LogP contribution in [0.1, 0.15) is 45.1 Å². The first-order valence-electron chi connectivity index (χ1n) is 7.78. The Morgan fingerprint density at radius 3 is 2.40 bits per heavy atom. The first kappa shape index (κ1) is 14.8. The lowest BCUT2D eigenvalue weighted by molar-refractivity contribution is 0.330. The number of hydrogen-bond donors (Lipinski definition) is 0. The summed E-state index contributed by atoms with van der Waals surface area (Å²) < 4.78 is 0. The monoisotopic (exact) mass is 269 g/mol. The largest absolute Gasteiger partial charge is 0.243 e. The highest BCUT2D eigenvalue weighted by molar-refractivity contribution is 6.18. The van der Waals surface area contributed by atoms with Gasteiger partial charge < -0.3 is 0 Å². The minimum absolute atomic E-state index is 0.432. The second-order valence-corrected chi connectivity index (χ2v) is 5.65. The van der Waals surface area contributed by atoms with Gasteiger partial charge in [-0.15, -0.1) is 0 Å². The van der Waals surface area contributed by atoms with Crippen LogP contribution in [0.5, 0.6) is 0 Å². The zero-order chi connectivity index (χ0) is 14.2. The van der Waals surface area contributed by atoms with Gasteiger partial charge in [-0.25, -0.2) is 0 Å². The van der Waals surface area contributed by atoms with Crippen molar-refractivity contribution in [2.45, 2.75) is 46.0 Å². The van der Waals surface area contributed by atoms with Gasteiger partial charge in [0.25, 0.3) is 0 Å². The minimum Gasteiger partial charge on any atom is -0.0965 e. The van der Waals surface area contributed by atoms with Crippen LogP contribution in [0.3, 0.4) is 0 Å². The van der Waals surface area contributed by atoms with Crippen LogP contribution in [0.2, 0.25) is 0 Å². The topological polar surface area (TPSA) is 24.7 Å². The third-order valence-corrected chi connectivity index (χ3v) is 4.11. The molecule has 20 heavy (non-hydrogen) atoms. The molecule has 2 nitrogen and oxygen atoms in total. The van der Waals surface area contributed by atoms with Crippen LogP contribution < -0.4 is 0 Å². The normalized spacial score (nSPS) is 16.6. The molecule has 0 amide bonds. The van der Waals surface area contributed by atoms with Crippen molar-refractivity contribution in [2.24, 2.45) is 21.8 Å². The van der Waals surface area contributed by atoms with Crippen LogP contribution in [0.4, 0.5) is 0 Å². The predicted octanol–water partition coefficient (Wildman–Crippen LogP) is 4.71. The molecule has 2 atom stereocenters. The van der Waals surface area contributed by atoms with Crippen LogP contribution in [-0.4, -0.2) is 12.4 Å². The van der Waals surface area contributed by atoms with Gasteiger partial charge >= 0.3 is 0 Å². The van der Waals surface area contributed by atoms with Crippen molar-refractivity contribution in [1.82, 2.24) is 0 Å². The lowest BCUT2D eigenvalue weighted by atomic mass is 9.82. The fraction of sp³-hybridized carbons (Fsp3) is 0.500. The van der Waals surface area contributed by atoms with E-state index in [1.54, 1.807) is 12.4 Å². The van der Waals surface area contributed by atoms with Gasteiger partial charge in [-0.2, -0.15) is 0 Å². The smallest absolute Gasteiger partial charge is 0.0965 e. The van der Waals surface area contributed by atoms with Crippen molar-refractivity contribution >= 4 is 12.4 Å². The Hall–Kier alpha value is -1.57. The molecule has 1 heterocycles. The molecule has 1 aromatic rings. The van der Waals surface area contributed by atoms with Crippen molar-refractivity contribution in [2.75, 3.05) is 0 Å². The third-order valence-electron chi connectivity index (χ3n) is 4.11. The molecule has 0 aromatic heterocycles. The lowest BCUT2D eigenvalue weighted by Gasteiger charge is -2.22. The maximum absolute atomic E-state index is 4.40. The van der Waals surface area contributed by atoms with E-state index in [1.807, 2.05) is 0 Å². The zero-order valence-electron chi connectivity index (χ0n) is 12.6. The highest BCUT2D eigenvalue weighted by Crippen LogP contribution is 2.32. The molecule has 1 aliphatic rings. The van der Waals surface area contributed by atoms with Crippen LogP contribution in [0.15, 0.2) is 40.3 Å². The van der Waals surface area contributed by atoms with E-state index in [0.717, 1.165) is 12.6 Å². The number of benzene rings is 1. The van der Waals surface area contributed by atoms with Crippen molar-refractivity contribution in [3.05, 3.63) is 42.1 Å². The van der Waals surface area contributed by atoms with E-state index < -0.39 is 0 Å². The molecule has 0 fully saturated rings. The molecule has 0 N–H and O–H groups in total. The highest BCUT2D eigenvalue weighted by atomic mass is 15.0. The molecule has 1 aliphatic heterocycles. The van der Waals surface area contributed by atoms with Gasteiger partial charge in [0, 0.05) is 0 Å². The average molecular weight is 269 g/mol. The molecular formula is C18H25N2+. The van der Waals surface area contributed by atoms with Gasteiger partial charge in [-0.05, 0) is 31.2 Å². The Balaban J connectivity index is 1.99. The summed E-state index contributed by atoms with van der Waals surface area (Å²) >= 11 is 0. The Labute approximate surface area is 123 Å². The fourth-order valence-corrected chi connectivity index (χ4v) is 2.80. The maximum atomic E-state index is 4.40. The quantitative estimate of drug-likeness (QED) is 0.482. The molecule has 0 radical (unpaired) electrons. The Bertz CT molecular complexity index is 424. The van der Waals surface area contributed by atoms with Gasteiger partial charge in [-0.1, -0.05) is 66.5 Å². The third kappa shape index (κ3) is 4.22. The maximum Gasteiger partial charge on any atom is 0.243 e. The van der Waals surface area contributed by atoms with E-state index in [2.05, 4.69) is 54.2 Å². The molecule has 0 aliphatic carbocycles. The summed E-state index contributed by atoms with van der Waals surface area (Å²) in [6.07, 6.45) is 10.9. The summed E-state index contributed by atoms with van der Waals surface area (Å²) in [5.74, 6) is 1.06. The van der Waals surface area contributed by atoms with E-state index in [-0.39, 0.29) is 0 Å². The number of rotatable bonds is 8. The summed E-state index contributed by atoms with van der Waals surface area (Å²) in [5, 5.41) is 0. The van der Waals surface area contributed by atoms with E-state index in [1.165, 1.54) is 31.2 Å². The minimum atomic E-state index is 0.432. The number of nitrogens with zero attached hydrogens (tertiary/aromatic N) is 2. The van der Waals surface area contributed by atoms with E-state index in [4.69, 9.17) is 0 Å². The molecule has 2 heteroatoms. The predicted molar refractivity (Wildman–Crippen MR) is 87.2 cm³/mol. The first-order chi connectivity index (χ1) is 9.81. The second-order valence-electron chi connectivity index (χ2n) is 5.65. The summed E-state index contributed by atoms with van der Waals surface area (Å²) in [6.45, 7) is 4.53. The summed E-state index contributed by atoms with van der Waals surface area (Å²) in [6, 6.07) is 10.8. The number of unbranched alkanes of at least 4 members (excludes halogenated alkanes) is 2. The molecule has 1 aromatic carbocycles. The van der Waals surface area contributed by atoms with Crippen LogP contribution in [0, 0.1) is 18.0 Å². The molecule has 0 saturated carbocycles. The fourth-order valence-electron chi connectivity index (χ4n) is 2.80. The van der Waals surface area contributed by atoms with Gasteiger partial charge in [0.2, 0.25) is 6.17 Å². The van der Waals surface area contributed by atoms with Crippen molar-refractivity contribution in [3.63, 3.8) is 0 Å². The van der Waals surface area contributed by atoms with Crippen LogP contribution in [0.25, 0.3) is 0 Å². The first-order valence-corrected chi connectivity index (χ1v) is 7.78. The second kappa shape index (κ2) is 7.88. The van der Waals surface area contributed by atoms with Gasteiger partial charge in [-0.3, -0.25) is 0 Å². The Morgan fingerprint density at radius 1 is 1.05 bits per heavy atom. The van der Waals surface area contributed by atoms with E-state index in [0.29, 0.717) is 11.8 Å². The SMILES string of the molecule is CCCCCC(Cc1ccccc1)C(C)[C+]1N=CC=N1. The zero-order valence-corrected chi connectivity index (χ0v) is 12.6. The lowest BCUT2D eigenvalue weighted by Crippen LogP contribution is -2.19. The van der Waals surface area contributed by atoms with E-state index in [9.17, 15) is 0 Å². The van der Waals surface area contributed by atoms with Gasteiger partial charge in [0.1, 0.15) is 0 Å². The summed E-state index contributed by atoms with van der Waals surface area (Å²) in [7, 11) is 0. The van der Waals surface area contributed by atoms with E-state index >= 15 is 0 Å². The van der Waals surface area contributed by atoms with Crippen LogP contribution in [-0.2, 0) is 6.42 Å². The number of hydrogen-bond acceptors (Lipinski definition) is 2. The van der Waals surface area contributed by atoms with Crippen LogP contribution >= 0.6 is 0 Å². The summed E-state index contributed by atoms with van der Waals surface area (Å²) in [5.41, 5.74) is 1.42. The number of aliphatic imine (C=N–C) groups is 2. The average Bonchev–Trinajstić information content (AvgIpc) is 3.01. The molecule has 2 rings (SSSR count). The van der Waals surface area contributed by atoms with Crippen molar-refractivity contribution < 1.29 is 0 Å². The highest BCUT2D eigenvalue weighted by Gasteiger charge is 2.31. The molecule has 0 bridgehead atoms. The van der Waals surface area contributed by atoms with Gasteiger partial charge in [0.15, 0.2) is 12.4 Å². The molecule has 0 saturated heterocycles. The Kier molecular flexibility index (Phi) is 5.85. The Morgan fingerprint density at radius 2 is 1.75 bits per heavy atom. The van der Waals surface area contributed by atoms with Crippen molar-refractivity contribution in [3.8, 4) is 0 Å². The standard InChI is InChI=1S/C18H25N2/c1-3-4-6-11-17(14-16-9-7-5-8-10-16)15(2)18-19-12-13-20-18/h5,7-10,12-13,15,17H,3-4,6,11,14H2,1-2H3/q+1.